The minimum absolute atomic E-state index is 0.0387. The lowest BCUT2D eigenvalue weighted by Gasteiger charge is -2.31. The van der Waals surface area contributed by atoms with Gasteiger partial charge in [-0.15, -0.1) is 0 Å². The van der Waals surface area contributed by atoms with Gasteiger partial charge < -0.3 is 14.8 Å². The third-order valence-corrected chi connectivity index (χ3v) is 6.14. The molecule has 0 aliphatic carbocycles. The van der Waals surface area contributed by atoms with Crippen molar-refractivity contribution in [3.8, 4) is 0 Å². The molecular formula is C24H28N4S. The highest BCUT2D eigenvalue weighted by Crippen LogP contribution is 2.41. The molecule has 1 saturated heterocycles. The van der Waals surface area contributed by atoms with Crippen LogP contribution in [0.3, 0.4) is 0 Å². The average Bonchev–Trinajstić information content (AvgIpc) is 3.20. The minimum Gasteiger partial charge on any atom is -0.352 e. The predicted octanol–water partition coefficient (Wildman–Crippen LogP) is 4.93. The fourth-order valence-corrected chi connectivity index (χ4v) is 4.84. The summed E-state index contributed by atoms with van der Waals surface area (Å²) < 4.78 is 2.40. The van der Waals surface area contributed by atoms with Gasteiger partial charge in [-0.2, -0.15) is 0 Å². The summed E-state index contributed by atoms with van der Waals surface area (Å²) >= 11 is 5.74. The van der Waals surface area contributed by atoms with Crippen molar-refractivity contribution in [1.82, 2.24) is 19.8 Å². The number of rotatable bonds is 5. The zero-order valence-corrected chi connectivity index (χ0v) is 18.3. The van der Waals surface area contributed by atoms with Gasteiger partial charge in [0.05, 0.1) is 17.8 Å². The van der Waals surface area contributed by atoms with Crippen molar-refractivity contribution in [2.75, 3.05) is 0 Å². The van der Waals surface area contributed by atoms with E-state index in [1.807, 2.05) is 18.3 Å². The first kappa shape index (κ1) is 19.6. The molecule has 29 heavy (non-hydrogen) atoms. The Labute approximate surface area is 178 Å². The topological polar surface area (TPSA) is 33.1 Å². The quantitative estimate of drug-likeness (QED) is 0.611. The summed E-state index contributed by atoms with van der Waals surface area (Å²) in [7, 11) is 0. The van der Waals surface area contributed by atoms with Crippen LogP contribution in [0.4, 0.5) is 0 Å². The van der Waals surface area contributed by atoms with E-state index in [9.17, 15) is 0 Å². The summed E-state index contributed by atoms with van der Waals surface area (Å²) in [5.74, 6) is 0. The van der Waals surface area contributed by atoms with Crippen LogP contribution < -0.4 is 5.32 Å². The molecule has 1 aliphatic heterocycles. The van der Waals surface area contributed by atoms with Crippen LogP contribution in [0.1, 0.15) is 54.1 Å². The van der Waals surface area contributed by atoms with Gasteiger partial charge in [-0.05, 0) is 69.2 Å². The molecular weight excluding hydrogens is 376 g/mol. The first-order valence-corrected chi connectivity index (χ1v) is 10.6. The molecule has 0 radical (unpaired) electrons. The molecule has 4 rings (SSSR count). The predicted molar refractivity (Wildman–Crippen MR) is 122 cm³/mol. The van der Waals surface area contributed by atoms with Crippen LogP contribution in [0.5, 0.6) is 0 Å². The van der Waals surface area contributed by atoms with Gasteiger partial charge in [0.25, 0.3) is 0 Å². The van der Waals surface area contributed by atoms with E-state index in [0.29, 0.717) is 6.04 Å². The molecule has 1 aromatic carbocycles. The minimum atomic E-state index is 0.0387. The van der Waals surface area contributed by atoms with Gasteiger partial charge in [0.2, 0.25) is 0 Å². The number of benzene rings is 1. The first-order chi connectivity index (χ1) is 14.0. The molecule has 2 atom stereocenters. The number of hydrogen-bond donors (Lipinski definition) is 1. The van der Waals surface area contributed by atoms with Crippen molar-refractivity contribution in [2.45, 2.75) is 52.4 Å². The van der Waals surface area contributed by atoms with Crippen molar-refractivity contribution in [3.05, 3.63) is 89.0 Å². The van der Waals surface area contributed by atoms with Gasteiger partial charge in [0, 0.05) is 30.2 Å². The number of aryl methyl sites for hydroxylation is 1. The molecule has 1 fully saturated rings. The number of thiocarbonyl (C=S) groups is 1. The van der Waals surface area contributed by atoms with Gasteiger partial charge in [-0.25, -0.2) is 0 Å². The average molecular weight is 405 g/mol. The van der Waals surface area contributed by atoms with Gasteiger partial charge >= 0.3 is 0 Å². The van der Waals surface area contributed by atoms with Crippen LogP contribution in [0.2, 0.25) is 0 Å². The molecule has 5 heteroatoms. The number of aromatic nitrogens is 2. The maximum Gasteiger partial charge on any atom is 0.170 e. The second-order valence-electron chi connectivity index (χ2n) is 8.03. The number of nitrogens with one attached hydrogen (secondary N) is 1. The van der Waals surface area contributed by atoms with E-state index in [2.05, 4.69) is 89.9 Å². The van der Waals surface area contributed by atoms with Gasteiger partial charge in [-0.1, -0.05) is 36.4 Å². The van der Waals surface area contributed by atoms with Crippen LogP contribution in [0.15, 0.2) is 60.8 Å². The second kappa shape index (κ2) is 7.99. The molecule has 2 aromatic heterocycles. The third-order valence-electron chi connectivity index (χ3n) is 5.81. The maximum atomic E-state index is 5.74. The largest absolute Gasteiger partial charge is 0.352 e. The Bertz CT molecular complexity index is 994. The van der Waals surface area contributed by atoms with E-state index < -0.39 is 0 Å². The Hall–Kier alpha value is -2.66. The Balaban J connectivity index is 1.77. The second-order valence-corrected chi connectivity index (χ2v) is 8.41. The molecule has 1 aliphatic rings. The van der Waals surface area contributed by atoms with Crippen LogP contribution in [-0.2, 0) is 6.54 Å². The van der Waals surface area contributed by atoms with Gasteiger partial charge in [-0.3, -0.25) is 4.98 Å². The van der Waals surface area contributed by atoms with E-state index in [1.165, 1.54) is 22.5 Å². The smallest absolute Gasteiger partial charge is 0.170 e. The molecule has 0 saturated carbocycles. The lowest BCUT2D eigenvalue weighted by molar-refractivity contribution is 0.268. The Kier molecular flexibility index (Phi) is 5.41. The standard InChI is InChI=1S/C24H28N4S/c1-16(2)28-23(22(26-24(28)29)21-12-8-9-13-25-21)20-14-17(3)27(18(20)4)15-19-10-6-5-7-11-19/h5-14,16,22-23H,15H2,1-4H3,(H,26,29)/t22-,23-/m0/s1. The number of nitrogens with zero attached hydrogens (tertiary/aromatic N) is 3. The van der Waals surface area contributed by atoms with Crippen LogP contribution in [0.25, 0.3) is 0 Å². The highest BCUT2D eigenvalue weighted by molar-refractivity contribution is 7.80. The molecule has 1 N–H and O–H groups in total. The third kappa shape index (κ3) is 3.67. The lowest BCUT2D eigenvalue weighted by Crippen LogP contribution is -2.35. The fraction of sp³-hybridized carbons (Fsp3) is 0.333. The van der Waals surface area contributed by atoms with Crippen LogP contribution in [-0.4, -0.2) is 25.6 Å². The number of hydrogen-bond acceptors (Lipinski definition) is 2. The van der Waals surface area contributed by atoms with Crippen molar-refractivity contribution in [2.24, 2.45) is 0 Å². The first-order valence-electron chi connectivity index (χ1n) is 10.2. The summed E-state index contributed by atoms with van der Waals surface area (Å²) in [6.07, 6.45) is 1.85. The zero-order valence-electron chi connectivity index (χ0n) is 17.5. The normalized spacial score (nSPS) is 19.1. The van der Waals surface area contributed by atoms with Crippen LogP contribution in [0, 0.1) is 13.8 Å². The van der Waals surface area contributed by atoms with Gasteiger partial charge in [0.15, 0.2) is 5.11 Å². The molecule has 0 amide bonds. The van der Waals surface area contributed by atoms with Crippen molar-refractivity contribution in [3.63, 3.8) is 0 Å². The molecule has 3 heterocycles. The Morgan fingerprint density at radius 3 is 2.45 bits per heavy atom. The van der Waals surface area contributed by atoms with E-state index >= 15 is 0 Å². The van der Waals surface area contributed by atoms with E-state index in [-0.39, 0.29) is 12.1 Å². The molecule has 0 spiro atoms. The summed E-state index contributed by atoms with van der Waals surface area (Å²) in [4.78, 5) is 6.96. The SMILES string of the molecule is Cc1cc([C@H]2[C@H](c3ccccn3)NC(=S)N2C(C)C)c(C)n1Cc1ccccc1. The highest BCUT2D eigenvalue weighted by Gasteiger charge is 2.42. The summed E-state index contributed by atoms with van der Waals surface area (Å²) in [6, 6.07) is 19.5. The molecule has 3 aromatic rings. The summed E-state index contributed by atoms with van der Waals surface area (Å²) in [5, 5.41) is 4.34. The Morgan fingerprint density at radius 2 is 1.79 bits per heavy atom. The van der Waals surface area contributed by atoms with E-state index in [4.69, 9.17) is 12.2 Å². The molecule has 0 unspecified atom stereocenters. The fourth-order valence-electron chi connectivity index (χ4n) is 4.39. The van der Waals surface area contributed by atoms with Crippen molar-refractivity contribution < 1.29 is 0 Å². The summed E-state index contributed by atoms with van der Waals surface area (Å²) in [5.41, 5.74) is 6.20. The maximum absolute atomic E-state index is 5.74. The molecule has 150 valence electrons. The molecule has 0 bridgehead atoms. The zero-order chi connectivity index (χ0) is 20.5. The summed E-state index contributed by atoms with van der Waals surface area (Å²) in [6.45, 7) is 9.69. The lowest BCUT2D eigenvalue weighted by atomic mass is 9.96. The monoisotopic (exact) mass is 404 g/mol. The van der Waals surface area contributed by atoms with Crippen LogP contribution >= 0.6 is 12.2 Å². The number of pyridine rings is 1. The van der Waals surface area contributed by atoms with E-state index in [0.717, 1.165) is 17.4 Å². The molecule has 4 nitrogen and oxygen atoms in total. The van der Waals surface area contributed by atoms with E-state index in [1.54, 1.807) is 0 Å². The Morgan fingerprint density at radius 1 is 1.07 bits per heavy atom. The van der Waals surface area contributed by atoms with Gasteiger partial charge in [0.1, 0.15) is 0 Å². The van der Waals surface area contributed by atoms with Crippen molar-refractivity contribution in [1.29, 1.82) is 0 Å². The van der Waals surface area contributed by atoms with Crippen molar-refractivity contribution >= 4 is 17.3 Å². The highest BCUT2D eigenvalue weighted by atomic mass is 32.1.